The highest BCUT2D eigenvalue weighted by atomic mass is 15.1. The summed E-state index contributed by atoms with van der Waals surface area (Å²) in [5.74, 6) is 0. The molecule has 50 heavy (non-hydrogen) atoms. The molecule has 0 fully saturated rings. The lowest BCUT2D eigenvalue weighted by Crippen LogP contribution is -2.19. The Balaban J connectivity index is 1.12. The fraction of sp³-hybridized carbons (Fsp3) is 0.125. The summed E-state index contributed by atoms with van der Waals surface area (Å²) in [7, 11) is 0. The highest BCUT2D eigenvalue weighted by Crippen LogP contribution is 2.50. The molecule has 0 unspecified atom stereocenters. The minimum Gasteiger partial charge on any atom is -0.311 e. The third-order valence-electron chi connectivity index (χ3n) is 10.6. The summed E-state index contributed by atoms with van der Waals surface area (Å²) in [5, 5.41) is 0. The van der Waals surface area contributed by atoms with Crippen LogP contribution in [0.25, 0.3) is 11.1 Å². The minimum absolute atomic E-state index is 0.0626. The molecule has 1 aliphatic carbocycles. The van der Waals surface area contributed by atoms with Gasteiger partial charge in [-0.05, 0) is 106 Å². The molecular formula is C48H42N2. The minimum atomic E-state index is -0.192. The van der Waals surface area contributed by atoms with Crippen LogP contribution in [-0.2, 0) is 10.8 Å². The van der Waals surface area contributed by atoms with Crippen LogP contribution in [0.15, 0.2) is 182 Å². The normalized spacial score (nSPS) is 13.0. The molecule has 0 heterocycles. The number of anilines is 6. The Hall–Kier alpha value is -5.86. The van der Waals surface area contributed by atoms with Crippen molar-refractivity contribution < 1.29 is 0 Å². The van der Waals surface area contributed by atoms with Gasteiger partial charge in [0.25, 0.3) is 0 Å². The number of hydrogen-bond donors (Lipinski definition) is 0. The van der Waals surface area contributed by atoms with Crippen LogP contribution in [0, 0.1) is 0 Å². The molecule has 0 amide bonds. The Bertz CT molecular complexity index is 2200. The SMILES string of the molecule is CC(C)(c1ccc(N(c2ccccc2)c2ccccc2)cc1)c1ccc(N(c2ccccc2)c2ccc3c(c2)C(C)(C)c2ccccc2-3)cc1. The zero-order valence-electron chi connectivity index (χ0n) is 29.2. The van der Waals surface area contributed by atoms with E-state index in [0.29, 0.717) is 0 Å². The summed E-state index contributed by atoms with van der Waals surface area (Å²) >= 11 is 0. The van der Waals surface area contributed by atoms with Crippen LogP contribution < -0.4 is 9.80 Å². The molecule has 0 radical (unpaired) electrons. The maximum absolute atomic E-state index is 2.40. The van der Waals surface area contributed by atoms with Gasteiger partial charge in [-0.3, -0.25) is 0 Å². The molecule has 8 rings (SSSR count). The second-order valence-corrected chi connectivity index (χ2v) is 14.3. The first-order valence-electron chi connectivity index (χ1n) is 17.5. The van der Waals surface area contributed by atoms with Gasteiger partial charge in [-0.1, -0.05) is 137 Å². The van der Waals surface area contributed by atoms with Gasteiger partial charge < -0.3 is 9.80 Å². The van der Waals surface area contributed by atoms with Crippen molar-refractivity contribution in [3.63, 3.8) is 0 Å². The van der Waals surface area contributed by atoms with Gasteiger partial charge in [0.05, 0.1) is 0 Å². The smallest absolute Gasteiger partial charge is 0.0465 e. The van der Waals surface area contributed by atoms with E-state index in [1.165, 1.54) is 39.1 Å². The summed E-state index contributed by atoms with van der Waals surface area (Å²) in [6, 6.07) is 65.9. The first-order valence-corrected chi connectivity index (χ1v) is 17.5. The maximum atomic E-state index is 2.40. The summed E-state index contributed by atoms with van der Waals surface area (Å²) < 4.78 is 0. The van der Waals surface area contributed by atoms with Crippen molar-refractivity contribution in [2.75, 3.05) is 9.80 Å². The van der Waals surface area contributed by atoms with Crippen molar-refractivity contribution in [2.45, 2.75) is 38.5 Å². The van der Waals surface area contributed by atoms with Crippen molar-refractivity contribution in [1.29, 1.82) is 0 Å². The molecule has 2 heteroatoms. The Labute approximate surface area is 296 Å². The van der Waals surface area contributed by atoms with Crippen molar-refractivity contribution in [3.8, 4) is 11.1 Å². The second kappa shape index (κ2) is 12.5. The number of fused-ring (bicyclic) bond motifs is 3. The molecule has 7 aromatic rings. The van der Waals surface area contributed by atoms with Crippen LogP contribution in [0.5, 0.6) is 0 Å². The molecule has 0 N–H and O–H groups in total. The summed E-state index contributed by atoms with van der Waals surface area (Å²) in [4.78, 5) is 4.69. The molecule has 0 bridgehead atoms. The van der Waals surface area contributed by atoms with Crippen molar-refractivity contribution in [1.82, 2.24) is 0 Å². The average Bonchev–Trinajstić information content (AvgIpc) is 3.39. The second-order valence-electron chi connectivity index (χ2n) is 14.3. The lowest BCUT2D eigenvalue weighted by atomic mass is 9.78. The molecule has 1 aliphatic rings. The van der Waals surface area contributed by atoms with Gasteiger partial charge in [0, 0.05) is 45.0 Å². The Morgan fingerprint density at radius 3 is 1.20 bits per heavy atom. The lowest BCUT2D eigenvalue weighted by molar-refractivity contribution is 0.641. The molecule has 7 aromatic carbocycles. The molecule has 0 spiro atoms. The average molecular weight is 647 g/mol. The number of rotatable bonds is 8. The molecule has 0 atom stereocenters. The molecule has 2 nitrogen and oxygen atoms in total. The van der Waals surface area contributed by atoms with Crippen LogP contribution >= 0.6 is 0 Å². The Kier molecular flexibility index (Phi) is 7.88. The topological polar surface area (TPSA) is 6.48 Å². The summed E-state index contributed by atoms with van der Waals surface area (Å²) in [6.07, 6.45) is 0. The lowest BCUT2D eigenvalue weighted by Gasteiger charge is -2.30. The van der Waals surface area contributed by atoms with Crippen LogP contribution in [0.4, 0.5) is 34.1 Å². The third-order valence-corrected chi connectivity index (χ3v) is 10.6. The van der Waals surface area contributed by atoms with E-state index in [1.807, 2.05) is 0 Å². The van der Waals surface area contributed by atoms with Gasteiger partial charge in [0.1, 0.15) is 0 Å². The van der Waals surface area contributed by atoms with Gasteiger partial charge in [0.2, 0.25) is 0 Å². The van der Waals surface area contributed by atoms with E-state index in [-0.39, 0.29) is 10.8 Å². The van der Waals surface area contributed by atoms with Gasteiger partial charge in [0.15, 0.2) is 0 Å². The van der Waals surface area contributed by atoms with E-state index in [1.54, 1.807) is 0 Å². The zero-order valence-corrected chi connectivity index (χ0v) is 29.2. The Morgan fingerprint density at radius 2 is 0.720 bits per heavy atom. The number of benzene rings is 7. The van der Waals surface area contributed by atoms with E-state index in [9.17, 15) is 0 Å². The fourth-order valence-electron chi connectivity index (χ4n) is 7.68. The number of hydrogen-bond acceptors (Lipinski definition) is 2. The van der Waals surface area contributed by atoms with E-state index in [0.717, 1.165) is 28.4 Å². The third kappa shape index (κ3) is 5.47. The fourth-order valence-corrected chi connectivity index (χ4v) is 7.68. The zero-order chi connectivity index (χ0) is 34.3. The molecule has 0 saturated carbocycles. The predicted molar refractivity (Wildman–Crippen MR) is 212 cm³/mol. The largest absolute Gasteiger partial charge is 0.311 e. The van der Waals surface area contributed by atoms with E-state index >= 15 is 0 Å². The van der Waals surface area contributed by atoms with Crippen molar-refractivity contribution in [2.24, 2.45) is 0 Å². The van der Waals surface area contributed by atoms with Gasteiger partial charge in [-0.25, -0.2) is 0 Å². The van der Waals surface area contributed by atoms with Gasteiger partial charge in [-0.2, -0.15) is 0 Å². The monoisotopic (exact) mass is 646 g/mol. The van der Waals surface area contributed by atoms with Gasteiger partial charge in [-0.15, -0.1) is 0 Å². The quantitative estimate of drug-likeness (QED) is 0.162. The molecule has 0 aliphatic heterocycles. The standard InChI is InChI=1S/C48H42N2/c1-47(2,35-24-28-40(29-25-35)49(37-16-8-5-9-17-37)38-18-10-6-11-19-38)36-26-30-41(31-27-36)50(39-20-12-7-13-21-39)42-32-33-44-43-22-14-15-23-45(43)48(3,4)46(44)34-42/h5-34H,1-4H3. The van der Waals surface area contributed by atoms with Crippen LogP contribution in [-0.4, -0.2) is 0 Å². The number of nitrogens with zero attached hydrogens (tertiary/aromatic N) is 2. The molecular weight excluding hydrogens is 605 g/mol. The molecule has 0 saturated heterocycles. The molecule has 244 valence electrons. The van der Waals surface area contributed by atoms with Crippen molar-refractivity contribution in [3.05, 3.63) is 204 Å². The maximum Gasteiger partial charge on any atom is 0.0465 e. The van der Waals surface area contributed by atoms with Crippen LogP contribution in [0.1, 0.15) is 49.9 Å². The van der Waals surface area contributed by atoms with E-state index < -0.39 is 0 Å². The molecule has 0 aromatic heterocycles. The van der Waals surface area contributed by atoms with E-state index in [4.69, 9.17) is 0 Å². The van der Waals surface area contributed by atoms with Crippen LogP contribution in [0.2, 0.25) is 0 Å². The predicted octanol–water partition coefficient (Wildman–Crippen LogP) is 13.3. The van der Waals surface area contributed by atoms with Crippen molar-refractivity contribution >= 4 is 34.1 Å². The van der Waals surface area contributed by atoms with Crippen LogP contribution in [0.3, 0.4) is 0 Å². The first-order chi connectivity index (χ1) is 24.3. The van der Waals surface area contributed by atoms with Gasteiger partial charge >= 0.3 is 0 Å². The first kappa shape index (κ1) is 31.4. The van der Waals surface area contributed by atoms with E-state index in [2.05, 4.69) is 219 Å². The highest BCUT2D eigenvalue weighted by molar-refractivity contribution is 5.85. The highest BCUT2D eigenvalue weighted by Gasteiger charge is 2.35. The Morgan fingerprint density at radius 1 is 0.360 bits per heavy atom. The summed E-state index contributed by atoms with van der Waals surface area (Å²) in [5.41, 5.74) is 14.6. The number of para-hydroxylation sites is 3. The summed E-state index contributed by atoms with van der Waals surface area (Å²) in [6.45, 7) is 9.33.